The molecule has 24 heavy (non-hydrogen) atoms. The van der Waals surface area contributed by atoms with E-state index in [1.165, 1.54) is 22.3 Å². The highest BCUT2D eigenvalue weighted by atomic mass is 32.2. The van der Waals surface area contributed by atoms with Gasteiger partial charge in [0.15, 0.2) is 0 Å². The lowest BCUT2D eigenvalue weighted by atomic mass is 10.4. The van der Waals surface area contributed by atoms with Crippen molar-refractivity contribution in [1.82, 2.24) is 14.6 Å². The summed E-state index contributed by atoms with van der Waals surface area (Å²) in [5.41, 5.74) is 0. The van der Waals surface area contributed by atoms with Crippen LogP contribution in [0.4, 0.5) is 0 Å². The molecule has 1 amide bonds. The quantitative estimate of drug-likeness (QED) is 0.746. The smallest absolute Gasteiger partial charge is 0.244 e. The van der Waals surface area contributed by atoms with Crippen molar-refractivity contribution >= 4 is 27.7 Å². The van der Waals surface area contributed by atoms with E-state index < -0.39 is 10.0 Å². The standard InChI is InChI=1S/C15H21N3O4S2/c1-11(15(19)17-12-2-3-12)23-14-5-4-13(10-16-14)24(20,21)18-6-8-22-9-7-18/h4-5,10-12H,2-3,6-9H2,1H3,(H,17,19)/t11-/m1/s1. The van der Waals surface area contributed by atoms with Gasteiger partial charge in [-0.2, -0.15) is 4.31 Å². The minimum atomic E-state index is -3.53. The zero-order valence-electron chi connectivity index (χ0n) is 13.5. The fourth-order valence-electron chi connectivity index (χ4n) is 2.31. The Labute approximate surface area is 146 Å². The van der Waals surface area contributed by atoms with Crippen LogP contribution in [0.1, 0.15) is 19.8 Å². The second-order valence-electron chi connectivity index (χ2n) is 5.89. The van der Waals surface area contributed by atoms with E-state index in [0.717, 1.165) is 12.8 Å². The minimum Gasteiger partial charge on any atom is -0.379 e. The summed E-state index contributed by atoms with van der Waals surface area (Å²) in [7, 11) is -3.53. The number of carbonyl (C=O) groups is 1. The lowest BCUT2D eigenvalue weighted by Crippen LogP contribution is -2.40. The van der Waals surface area contributed by atoms with Crippen molar-refractivity contribution in [3.63, 3.8) is 0 Å². The van der Waals surface area contributed by atoms with E-state index in [0.29, 0.717) is 37.4 Å². The molecule has 1 aromatic heterocycles. The van der Waals surface area contributed by atoms with Crippen LogP contribution in [0, 0.1) is 0 Å². The van der Waals surface area contributed by atoms with Gasteiger partial charge >= 0.3 is 0 Å². The summed E-state index contributed by atoms with van der Waals surface area (Å²) in [6, 6.07) is 3.53. The van der Waals surface area contributed by atoms with Crippen LogP contribution in [0.5, 0.6) is 0 Å². The number of pyridine rings is 1. The Morgan fingerprint density at radius 3 is 2.67 bits per heavy atom. The van der Waals surface area contributed by atoms with Crippen molar-refractivity contribution < 1.29 is 17.9 Å². The van der Waals surface area contributed by atoms with Crippen LogP contribution < -0.4 is 5.32 Å². The monoisotopic (exact) mass is 371 g/mol. The van der Waals surface area contributed by atoms with Gasteiger partial charge in [0.05, 0.1) is 23.5 Å². The van der Waals surface area contributed by atoms with Crippen LogP contribution in [0.2, 0.25) is 0 Å². The van der Waals surface area contributed by atoms with Gasteiger partial charge in [-0.25, -0.2) is 13.4 Å². The lowest BCUT2D eigenvalue weighted by Gasteiger charge is -2.25. The zero-order valence-corrected chi connectivity index (χ0v) is 15.1. The molecule has 0 spiro atoms. The first-order valence-electron chi connectivity index (χ1n) is 7.98. The van der Waals surface area contributed by atoms with E-state index in [1.54, 1.807) is 12.1 Å². The van der Waals surface area contributed by atoms with Gasteiger partial charge in [-0.05, 0) is 31.9 Å². The number of aromatic nitrogens is 1. The van der Waals surface area contributed by atoms with Crippen molar-refractivity contribution in [2.75, 3.05) is 26.3 Å². The van der Waals surface area contributed by atoms with E-state index >= 15 is 0 Å². The van der Waals surface area contributed by atoms with Crippen LogP contribution >= 0.6 is 11.8 Å². The van der Waals surface area contributed by atoms with Crippen molar-refractivity contribution in [2.24, 2.45) is 0 Å². The molecular formula is C15H21N3O4S2. The van der Waals surface area contributed by atoms with Gasteiger partial charge < -0.3 is 10.1 Å². The highest BCUT2D eigenvalue weighted by Crippen LogP contribution is 2.25. The van der Waals surface area contributed by atoms with Gasteiger partial charge in [0.1, 0.15) is 4.90 Å². The van der Waals surface area contributed by atoms with Crippen LogP contribution in [0.25, 0.3) is 0 Å². The normalized spacial score (nSPS) is 20.5. The Balaban J connectivity index is 1.62. The highest BCUT2D eigenvalue weighted by Gasteiger charge is 2.28. The molecule has 1 aliphatic heterocycles. The summed E-state index contributed by atoms with van der Waals surface area (Å²) in [4.78, 5) is 16.3. The number of ether oxygens (including phenoxy) is 1. The molecular weight excluding hydrogens is 350 g/mol. The number of nitrogens with one attached hydrogen (secondary N) is 1. The number of nitrogens with zero attached hydrogens (tertiary/aromatic N) is 2. The third-order valence-electron chi connectivity index (χ3n) is 3.91. The van der Waals surface area contributed by atoms with Crippen molar-refractivity contribution in [1.29, 1.82) is 0 Å². The fraction of sp³-hybridized carbons (Fsp3) is 0.600. The number of hydrogen-bond donors (Lipinski definition) is 1. The van der Waals surface area contributed by atoms with Crippen LogP contribution in [-0.4, -0.2) is 61.2 Å². The summed E-state index contributed by atoms with van der Waals surface area (Å²) < 4.78 is 31.6. The molecule has 0 aromatic carbocycles. The van der Waals surface area contributed by atoms with E-state index in [-0.39, 0.29) is 16.1 Å². The van der Waals surface area contributed by atoms with Crippen LogP contribution in [-0.2, 0) is 19.6 Å². The van der Waals surface area contributed by atoms with Crippen molar-refractivity contribution in [3.8, 4) is 0 Å². The van der Waals surface area contributed by atoms with Crippen LogP contribution in [0.3, 0.4) is 0 Å². The first kappa shape index (κ1) is 17.7. The second kappa shape index (κ2) is 7.38. The summed E-state index contributed by atoms with van der Waals surface area (Å²) in [5, 5.41) is 3.32. The summed E-state index contributed by atoms with van der Waals surface area (Å²) in [5.74, 6) is -0.00526. The van der Waals surface area contributed by atoms with Gasteiger partial charge in [-0.1, -0.05) is 11.8 Å². The van der Waals surface area contributed by atoms with E-state index in [1.807, 2.05) is 6.92 Å². The first-order valence-corrected chi connectivity index (χ1v) is 10.3. The SMILES string of the molecule is C[C@@H](Sc1ccc(S(=O)(=O)N2CCOCC2)cn1)C(=O)NC1CC1. The van der Waals surface area contributed by atoms with E-state index in [9.17, 15) is 13.2 Å². The maximum absolute atomic E-state index is 12.5. The molecule has 132 valence electrons. The van der Waals surface area contributed by atoms with Gasteiger partial charge in [0, 0.05) is 25.3 Å². The number of thioether (sulfide) groups is 1. The van der Waals surface area contributed by atoms with Crippen LogP contribution in [0.15, 0.2) is 28.3 Å². The molecule has 2 aliphatic rings. The average Bonchev–Trinajstić information content (AvgIpc) is 3.40. The molecule has 1 aliphatic carbocycles. The molecule has 0 unspecified atom stereocenters. The molecule has 1 N–H and O–H groups in total. The predicted molar refractivity (Wildman–Crippen MR) is 90.3 cm³/mol. The molecule has 1 aromatic rings. The summed E-state index contributed by atoms with van der Waals surface area (Å²) in [6.45, 7) is 3.36. The molecule has 1 saturated heterocycles. The molecule has 9 heteroatoms. The molecule has 2 fully saturated rings. The largest absolute Gasteiger partial charge is 0.379 e. The van der Waals surface area contributed by atoms with E-state index in [4.69, 9.17) is 4.74 Å². The van der Waals surface area contributed by atoms with Gasteiger partial charge in [-0.3, -0.25) is 4.79 Å². The maximum atomic E-state index is 12.5. The molecule has 7 nitrogen and oxygen atoms in total. The van der Waals surface area contributed by atoms with Gasteiger partial charge in [0.25, 0.3) is 0 Å². The number of rotatable bonds is 6. The first-order chi connectivity index (χ1) is 11.5. The second-order valence-corrected chi connectivity index (χ2v) is 9.19. The number of amides is 1. The number of sulfonamides is 1. The summed E-state index contributed by atoms with van der Waals surface area (Å²) in [6.07, 6.45) is 3.46. The highest BCUT2D eigenvalue weighted by molar-refractivity contribution is 8.00. The third-order valence-corrected chi connectivity index (χ3v) is 6.84. The third kappa shape index (κ3) is 4.27. The molecule has 1 atom stereocenters. The average molecular weight is 371 g/mol. The molecule has 0 bridgehead atoms. The Morgan fingerprint density at radius 2 is 2.08 bits per heavy atom. The van der Waals surface area contributed by atoms with Gasteiger partial charge in [0.2, 0.25) is 15.9 Å². The van der Waals surface area contributed by atoms with Gasteiger partial charge in [-0.15, -0.1) is 0 Å². The summed E-state index contributed by atoms with van der Waals surface area (Å²) >= 11 is 1.32. The molecule has 1 saturated carbocycles. The van der Waals surface area contributed by atoms with E-state index in [2.05, 4.69) is 10.3 Å². The number of carbonyl (C=O) groups excluding carboxylic acids is 1. The Morgan fingerprint density at radius 1 is 1.38 bits per heavy atom. The lowest BCUT2D eigenvalue weighted by molar-refractivity contribution is -0.120. The molecule has 2 heterocycles. The molecule has 3 rings (SSSR count). The Bertz CT molecular complexity index is 683. The fourth-order valence-corrected chi connectivity index (χ4v) is 4.46. The predicted octanol–water partition coefficient (Wildman–Crippen LogP) is 0.862. The van der Waals surface area contributed by atoms with Crippen molar-refractivity contribution in [3.05, 3.63) is 18.3 Å². The topological polar surface area (TPSA) is 88.6 Å². The minimum absolute atomic E-state index is 0.00526. The number of hydrogen-bond acceptors (Lipinski definition) is 6. The number of morpholine rings is 1. The Hall–Kier alpha value is -1.16. The Kier molecular flexibility index (Phi) is 5.43. The maximum Gasteiger partial charge on any atom is 0.244 e. The van der Waals surface area contributed by atoms with Crippen molar-refractivity contribution in [2.45, 2.75) is 41.0 Å². The molecule has 0 radical (unpaired) electrons. The zero-order chi connectivity index (χ0) is 17.2.